The van der Waals surface area contributed by atoms with Crippen molar-refractivity contribution in [3.05, 3.63) is 69.8 Å². The maximum absolute atomic E-state index is 12.1. The number of anilines is 1. The second kappa shape index (κ2) is 8.12. The molecule has 2 N–H and O–H groups in total. The Morgan fingerprint density at radius 2 is 2.04 bits per heavy atom. The molecule has 3 rings (SSSR count). The number of nitro groups is 1. The van der Waals surface area contributed by atoms with Crippen LogP contribution >= 0.6 is 0 Å². The summed E-state index contributed by atoms with van der Waals surface area (Å²) in [5.41, 5.74) is 3.78. The highest BCUT2D eigenvalue weighted by Crippen LogP contribution is 2.27. The van der Waals surface area contributed by atoms with E-state index in [4.69, 9.17) is 4.74 Å². The number of carbonyl (C=O) groups excluding carboxylic acids is 2. The van der Waals surface area contributed by atoms with E-state index in [0.29, 0.717) is 17.0 Å². The van der Waals surface area contributed by atoms with Crippen molar-refractivity contribution in [3.63, 3.8) is 0 Å². The van der Waals surface area contributed by atoms with E-state index in [-0.39, 0.29) is 29.5 Å². The number of rotatable bonds is 6. The van der Waals surface area contributed by atoms with E-state index < -0.39 is 10.8 Å². The lowest BCUT2D eigenvalue weighted by Gasteiger charge is -2.10. The Balaban J connectivity index is 1.81. The number of nitrogens with zero attached hydrogens (tertiary/aromatic N) is 2. The second-order valence-corrected chi connectivity index (χ2v) is 5.88. The minimum Gasteiger partial charge on any atom is -0.483 e. The van der Waals surface area contributed by atoms with Crippen LogP contribution in [-0.2, 0) is 9.59 Å². The molecule has 0 fully saturated rings. The number of para-hydroxylation sites is 1. The summed E-state index contributed by atoms with van der Waals surface area (Å²) in [5.74, 6) is -0.579. The minimum absolute atomic E-state index is 0.166. The van der Waals surface area contributed by atoms with Gasteiger partial charge in [0.2, 0.25) is 0 Å². The van der Waals surface area contributed by atoms with Crippen molar-refractivity contribution >= 4 is 35.0 Å². The molecule has 0 saturated carbocycles. The van der Waals surface area contributed by atoms with Gasteiger partial charge in [-0.1, -0.05) is 18.2 Å². The number of nitrogens with one attached hydrogen (secondary N) is 2. The zero-order valence-electron chi connectivity index (χ0n) is 14.8. The molecule has 2 amide bonds. The Morgan fingerprint density at radius 1 is 1.29 bits per heavy atom. The van der Waals surface area contributed by atoms with Crippen LogP contribution in [0.5, 0.6) is 5.75 Å². The smallest absolute Gasteiger partial charge is 0.273 e. The van der Waals surface area contributed by atoms with Gasteiger partial charge in [-0.15, -0.1) is 0 Å². The van der Waals surface area contributed by atoms with E-state index in [2.05, 4.69) is 15.8 Å². The van der Waals surface area contributed by atoms with E-state index in [0.717, 1.165) is 0 Å². The van der Waals surface area contributed by atoms with E-state index in [1.807, 2.05) is 6.07 Å². The number of hydrogen-bond acceptors (Lipinski definition) is 6. The first-order chi connectivity index (χ1) is 13.4. The number of benzene rings is 2. The van der Waals surface area contributed by atoms with Gasteiger partial charge in [0, 0.05) is 23.4 Å². The molecular formula is C19H16N4O5. The van der Waals surface area contributed by atoms with Crippen molar-refractivity contribution in [1.29, 1.82) is 0 Å². The molecule has 9 nitrogen and oxygen atoms in total. The van der Waals surface area contributed by atoms with Gasteiger partial charge >= 0.3 is 0 Å². The summed E-state index contributed by atoms with van der Waals surface area (Å²) in [6.07, 6.45) is 1.44. The van der Waals surface area contributed by atoms with E-state index in [1.54, 1.807) is 31.2 Å². The third kappa shape index (κ3) is 4.39. The SMILES string of the molecule is CC1=NNC(=O)/C1=C\c1cc([N+](=O)[O-])ccc1OCC(=O)Nc1ccccc1. The lowest BCUT2D eigenvalue weighted by molar-refractivity contribution is -0.384. The van der Waals surface area contributed by atoms with Crippen LogP contribution in [0, 0.1) is 10.1 Å². The highest BCUT2D eigenvalue weighted by Gasteiger charge is 2.20. The molecule has 9 heteroatoms. The van der Waals surface area contributed by atoms with Crippen LogP contribution < -0.4 is 15.5 Å². The van der Waals surface area contributed by atoms with Crippen molar-refractivity contribution in [2.45, 2.75) is 6.92 Å². The topological polar surface area (TPSA) is 123 Å². The Kier molecular flexibility index (Phi) is 5.45. The maximum atomic E-state index is 12.1. The fourth-order valence-electron chi connectivity index (χ4n) is 2.50. The molecular weight excluding hydrogens is 364 g/mol. The first kappa shape index (κ1) is 18.8. The molecule has 1 heterocycles. The second-order valence-electron chi connectivity index (χ2n) is 5.88. The third-order valence-electron chi connectivity index (χ3n) is 3.88. The van der Waals surface area contributed by atoms with Gasteiger partial charge in [-0.3, -0.25) is 19.7 Å². The van der Waals surface area contributed by atoms with E-state index in [9.17, 15) is 19.7 Å². The van der Waals surface area contributed by atoms with Crippen molar-refractivity contribution in [1.82, 2.24) is 5.43 Å². The molecule has 0 aromatic heterocycles. The molecule has 28 heavy (non-hydrogen) atoms. The fraction of sp³-hybridized carbons (Fsp3) is 0.105. The number of hydrazone groups is 1. The Bertz CT molecular complexity index is 999. The number of nitro benzene ring substituents is 1. The number of carbonyl (C=O) groups is 2. The molecule has 2 aromatic carbocycles. The predicted octanol–water partition coefficient (Wildman–Crippen LogP) is 2.50. The summed E-state index contributed by atoms with van der Waals surface area (Å²) >= 11 is 0. The molecule has 0 radical (unpaired) electrons. The van der Waals surface area contributed by atoms with Crippen molar-refractivity contribution in [2.24, 2.45) is 5.10 Å². The Labute approximate surface area is 159 Å². The lowest BCUT2D eigenvalue weighted by Crippen LogP contribution is -2.20. The molecule has 0 saturated heterocycles. The molecule has 142 valence electrons. The van der Waals surface area contributed by atoms with Gasteiger partial charge in [0.05, 0.1) is 16.2 Å². The van der Waals surface area contributed by atoms with Gasteiger partial charge in [0.15, 0.2) is 6.61 Å². The van der Waals surface area contributed by atoms with E-state index >= 15 is 0 Å². The summed E-state index contributed by atoms with van der Waals surface area (Å²) in [4.78, 5) is 34.5. The highest BCUT2D eigenvalue weighted by atomic mass is 16.6. The monoisotopic (exact) mass is 380 g/mol. The number of ether oxygens (including phenoxy) is 1. The van der Waals surface area contributed by atoms with Gasteiger partial charge < -0.3 is 10.1 Å². The van der Waals surface area contributed by atoms with Crippen molar-refractivity contribution in [3.8, 4) is 5.75 Å². The largest absolute Gasteiger partial charge is 0.483 e. The predicted molar refractivity (Wildman–Crippen MR) is 103 cm³/mol. The summed E-state index contributed by atoms with van der Waals surface area (Å²) < 4.78 is 5.54. The first-order valence-corrected chi connectivity index (χ1v) is 8.27. The minimum atomic E-state index is -0.552. The average Bonchev–Trinajstić information content (AvgIpc) is 2.99. The number of amides is 2. The van der Waals surface area contributed by atoms with Crippen LogP contribution in [0.15, 0.2) is 59.2 Å². The molecule has 0 atom stereocenters. The number of hydrogen-bond donors (Lipinski definition) is 2. The average molecular weight is 380 g/mol. The van der Waals surface area contributed by atoms with Crippen LogP contribution in [0.2, 0.25) is 0 Å². The molecule has 0 bridgehead atoms. The molecule has 1 aliphatic heterocycles. The van der Waals surface area contributed by atoms with Crippen LogP contribution in [0.1, 0.15) is 12.5 Å². The summed E-state index contributed by atoms with van der Waals surface area (Å²) in [6.45, 7) is 1.33. The third-order valence-corrected chi connectivity index (χ3v) is 3.88. The van der Waals surface area contributed by atoms with Crippen LogP contribution in [0.4, 0.5) is 11.4 Å². The Morgan fingerprint density at radius 3 is 2.68 bits per heavy atom. The summed E-state index contributed by atoms with van der Waals surface area (Å²) in [5, 5.41) is 17.6. The van der Waals surface area contributed by atoms with Crippen LogP contribution in [-0.4, -0.2) is 29.1 Å². The summed E-state index contributed by atoms with van der Waals surface area (Å²) in [7, 11) is 0. The molecule has 0 unspecified atom stereocenters. The maximum Gasteiger partial charge on any atom is 0.273 e. The molecule has 0 aliphatic carbocycles. The van der Waals surface area contributed by atoms with Gasteiger partial charge in [0.25, 0.3) is 17.5 Å². The van der Waals surface area contributed by atoms with Gasteiger partial charge in [-0.05, 0) is 31.2 Å². The standard InChI is InChI=1S/C19H16N4O5/c1-12-16(19(25)22-21-12)10-13-9-15(23(26)27)7-8-17(13)28-11-18(24)20-14-5-3-2-4-6-14/h2-10H,11H2,1H3,(H,20,24)(H,22,25)/b16-10-. The highest BCUT2D eigenvalue weighted by molar-refractivity contribution is 6.26. The fourth-order valence-corrected chi connectivity index (χ4v) is 2.50. The quantitative estimate of drug-likeness (QED) is 0.453. The van der Waals surface area contributed by atoms with Crippen molar-refractivity contribution < 1.29 is 19.2 Å². The lowest BCUT2D eigenvalue weighted by atomic mass is 10.1. The van der Waals surface area contributed by atoms with Gasteiger partial charge in [-0.2, -0.15) is 5.10 Å². The Hall–Kier alpha value is -4.01. The zero-order chi connectivity index (χ0) is 20.1. The van der Waals surface area contributed by atoms with Gasteiger partial charge in [-0.25, -0.2) is 5.43 Å². The van der Waals surface area contributed by atoms with Crippen molar-refractivity contribution in [2.75, 3.05) is 11.9 Å². The first-order valence-electron chi connectivity index (χ1n) is 8.27. The summed E-state index contributed by atoms with van der Waals surface area (Å²) in [6, 6.07) is 12.8. The van der Waals surface area contributed by atoms with Crippen LogP contribution in [0.3, 0.4) is 0 Å². The molecule has 0 spiro atoms. The van der Waals surface area contributed by atoms with Gasteiger partial charge in [0.1, 0.15) is 5.75 Å². The zero-order valence-corrected chi connectivity index (χ0v) is 14.8. The molecule has 2 aromatic rings. The van der Waals surface area contributed by atoms with Crippen LogP contribution in [0.25, 0.3) is 6.08 Å². The molecule has 1 aliphatic rings. The normalized spacial score (nSPS) is 14.4. The van der Waals surface area contributed by atoms with E-state index in [1.165, 1.54) is 24.3 Å². The number of non-ortho nitro benzene ring substituents is 1.